The maximum absolute atomic E-state index is 13.0. The fourth-order valence-electron chi connectivity index (χ4n) is 2.92. The lowest BCUT2D eigenvalue weighted by molar-refractivity contribution is 0.0951. The summed E-state index contributed by atoms with van der Waals surface area (Å²) in [5.74, 6) is -0.626. The number of carbonyl (C=O) groups is 1. The van der Waals surface area contributed by atoms with E-state index < -0.39 is 10.0 Å². The van der Waals surface area contributed by atoms with Gasteiger partial charge in [-0.05, 0) is 60.5 Å². The molecule has 0 spiro atoms. The molecule has 0 saturated carbocycles. The summed E-state index contributed by atoms with van der Waals surface area (Å²) in [7, 11) is -2.21. The van der Waals surface area contributed by atoms with E-state index in [-0.39, 0.29) is 23.2 Å². The highest BCUT2D eigenvalue weighted by Gasteiger charge is 2.22. The molecule has 150 valence electrons. The van der Waals surface area contributed by atoms with Crippen molar-refractivity contribution >= 4 is 21.6 Å². The molecule has 0 aromatic heterocycles. The summed E-state index contributed by atoms with van der Waals surface area (Å²) < 4.78 is 39.8. The minimum absolute atomic E-state index is 0.197. The molecule has 0 unspecified atom stereocenters. The lowest BCUT2D eigenvalue weighted by Gasteiger charge is -2.22. The van der Waals surface area contributed by atoms with Crippen LogP contribution >= 0.6 is 0 Å². The number of benzene rings is 3. The fraction of sp³-hybridized carbons (Fsp3) is 0.136. The van der Waals surface area contributed by atoms with Gasteiger partial charge in [-0.3, -0.25) is 9.10 Å². The van der Waals surface area contributed by atoms with Gasteiger partial charge in [0.15, 0.2) is 0 Å². The molecule has 0 fully saturated rings. The Morgan fingerprint density at radius 2 is 1.66 bits per heavy atom. The van der Waals surface area contributed by atoms with Gasteiger partial charge in [0.05, 0.1) is 10.6 Å². The number of hydrogen-bond acceptors (Lipinski definition) is 3. The lowest BCUT2D eigenvalue weighted by Crippen LogP contribution is -2.27. The number of sulfonamides is 1. The molecular weight excluding hydrogens is 391 g/mol. The van der Waals surface area contributed by atoms with Crippen LogP contribution in [0, 0.1) is 12.7 Å². The maximum atomic E-state index is 13.0. The minimum Gasteiger partial charge on any atom is -0.348 e. The van der Waals surface area contributed by atoms with Gasteiger partial charge in [0.25, 0.3) is 15.9 Å². The molecule has 3 rings (SSSR count). The molecule has 3 aromatic carbocycles. The Morgan fingerprint density at radius 1 is 1.00 bits per heavy atom. The van der Waals surface area contributed by atoms with Gasteiger partial charge in [0, 0.05) is 19.2 Å². The van der Waals surface area contributed by atoms with E-state index in [1.54, 1.807) is 67.6 Å². The summed E-state index contributed by atoms with van der Waals surface area (Å²) in [5, 5.41) is 2.77. The van der Waals surface area contributed by atoms with Crippen LogP contribution < -0.4 is 9.62 Å². The van der Waals surface area contributed by atoms with E-state index in [0.29, 0.717) is 16.8 Å². The Kier molecular flexibility index (Phi) is 5.98. The molecular formula is C22H21FN2O3S. The van der Waals surface area contributed by atoms with Gasteiger partial charge in [0.1, 0.15) is 5.82 Å². The third-order valence-corrected chi connectivity index (χ3v) is 6.35. The number of nitrogens with one attached hydrogen (secondary N) is 1. The first-order chi connectivity index (χ1) is 13.8. The Balaban J connectivity index is 1.75. The molecule has 1 N–H and O–H groups in total. The SMILES string of the molecule is Cc1cc(C(=O)NCc2ccc(F)cc2)ccc1N(C)S(=O)(=O)c1ccccc1. The van der Waals surface area contributed by atoms with Gasteiger partial charge in [-0.25, -0.2) is 12.8 Å². The predicted molar refractivity (Wildman–Crippen MR) is 111 cm³/mol. The molecule has 0 radical (unpaired) electrons. The van der Waals surface area contributed by atoms with E-state index >= 15 is 0 Å². The van der Waals surface area contributed by atoms with E-state index in [4.69, 9.17) is 0 Å². The summed E-state index contributed by atoms with van der Waals surface area (Å²) >= 11 is 0. The first kappa shape index (κ1) is 20.5. The van der Waals surface area contributed by atoms with Crippen molar-refractivity contribution in [3.8, 4) is 0 Å². The molecule has 7 heteroatoms. The zero-order chi connectivity index (χ0) is 21.0. The quantitative estimate of drug-likeness (QED) is 0.668. The number of hydrogen-bond donors (Lipinski definition) is 1. The Labute approximate surface area is 169 Å². The number of rotatable bonds is 6. The molecule has 29 heavy (non-hydrogen) atoms. The number of nitrogens with zero attached hydrogens (tertiary/aromatic N) is 1. The highest BCUT2D eigenvalue weighted by atomic mass is 32.2. The Hall–Kier alpha value is -3.19. The average molecular weight is 412 g/mol. The van der Waals surface area contributed by atoms with Crippen molar-refractivity contribution in [2.75, 3.05) is 11.4 Å². The van der Waals surface area contributed by atoms with E-state index in [1.165, 1.54) is 23.5 Å². The van der Waals surface area contributed by atoms with Crippen molar-refractivity contribution in [1.82, 2.24) is 5.32 Å². The number of aryl methyl sites for hydroxylation is 1. The summed E-state index contributed by atoms with van der Waals surface area (Å²) in [6.45, 7) is 2.02. The molecule has 5 nitrogen and oxygen atoms in total. The van der Waals surface area contributed by atoms with Crippen LogP contribution in [0.15, 0.2) is 77.7 Å². The number of anilines is 1. The fourth-order valence-corrected chi connectivity index (χ4v) is 4.20. The van der Waals surface area contributed by atoms with Crippen LogP contribution in [-0.2, 0) is 16.6 Å². The molecule has 0 atom stereocenters. The highest BCUT2D eigenvalue weighted by molar-refractivity contribution is 7.92. The van der Waals surface area contributed by atoms with Crippen LogP contribution in [0.1, 0.15) is 21.5 Å². The van der Waals surface area contributed by atoms with Gasteiger partial charge >= 0.3 is 0 Å². The molecule has 1 amide bonds. The van der Waals surface area contributed by atoms with E-state index in [0.717, 1.165) is 5.56 Å². The van der Waals surface area contributed by atoms with Gasteiger partial charge < -0.3 is 5.32 Å². The lowest BCUT2D eigenvalue weighted by atomic mass is 10.1. The van der Waals surface area contributed by atoms with Crippen LogP contribution in [0.25, 0.3) is 0 Å². The van der Waals surface area contributed by atoms with Crippen LogP contribution in [0.4, 0.5) is 10.1 Å². The molecule has 3 aromatic rings. The third kappa shape index (κ3) is 4.63. The standard InChI is InChI=1S/C22H21FN2O3S/c1-16-14-18(22(26)24-15-17-8-11-19(23)12-9-17)10-13-21(16)25(2)29(27,28)20-6-4-3-5-7-20/h3-14H,15H2,1-2H3,(H,24,26). The smallest absolute Gasteiger partial charge is 0.264 e. The van der Waals surface area contributed by atoms with E-state index in [2.05, 4.69) is 5.32 Å². The van der Waals surface area contributed by atoms with E-state index in [9.17, 15) is 17.6 Å². The molecule has 0 bridgehead atoms. The van der Waals surface area contributed by atoms with Crippen molar-refractivity contribution < 1.29 is 17.6 Å². The zero-order valence-electron chi connectivity index (χ0n) is 16.1. The first-order valence-corrected chi connectivity index (χ1v) is 10.4. The van der Waals surface area contributed by atoms with Crippen molar-refractivity contribution in [3.63, 3.8) is 0 Å². The normalized spacial score (nSPS) is 11.1. The molecule has 0 aliphatic heterocycles. The van der Waals surface area contributed by atoms with Crippen molar-refractivity contribution in [2.24, 2.45) is 0 Å². The second kappa shape index (κ2) is 8.45. The van der Waals surface area contributed by atoms with Gasteiger partial charge in [-0.1, -0.05) is 30.3 Å². The van der Waals surface area contributed by atoms with Gasteiger partial charge in [-0.2, -0.15) is 0 Å². The molecule has 0 heterocycles. The summed E-state index contributed by atoms with van der Waals surface area (Å²) in [6, 6.07) is 18.9. The summed E-state index contributed by atoms with van der Waals surface area (Å²) in [6.07, 6.45) is 0. The predicted octanol–water partition coefficient (Wildman–Crippen LogP) is 3.89. The molecule has 0 saturated heterocycles. The van der Waals surface area contributed by atoms with Crippen LogP contribution in [0.3, 0.4) is 0 Å². The Bertz CT molecular complexity index is 1110. The van der Waals surface area contributed by atoms with Gasteiger partial charge in [0.2, 0.25) is 0 Å². The second-order valence-electron chi connectivity index (χ2n) is 6.60. The largest absolute Gasteiger partial charge is 0.348 e. The summed E-state index contributed by atoms with van der Waals surface area (Å²) in [4.78, 5) is 12.6. The third-order valence-electron chi connectivity index (χ3n) is 4.57. The number of amides is 1. The maximum Gasteiger partial charge on any atom is 0.264 e. The van der Waals surface area contributed by atoms with Crippen molar-refractivity contribution in [3.05, 3.63) is 95.3 Å². The monoisotopic (exact) mass is 412 g/mol. The van der Waals surface area contributed by atoms with Crippen molar-refractivity contribution in [2.45, 2.75) is 18.4 Å². The highest BCUT2D eigenvalue weighted by Crippen LogP contribution is 2.26. The van der Waals surface area contributed by atoms with Crippen LogP contribution in [0.5, 0.6) is 0 Å². The molecule has 0 aliphatic rings. The van der Waals surface area contributed by atoms with E-state index in [1.807, 2.05) is 0 Å². The van der Waals surface area contributed by atoms with Crippen LogP contribution in [-0.4, -0.2) is 21.4 Å². The summed E-state index contributed by atoms with van der Waals surface area (Å²) in [5.41, 5.74) is 2.34. The number of carbonyl (C=O) groups excluding carboxylic acids is 1. The topological polar surface area (TPSA) is 66.5 Å². The van der Waals surface area contributed by atoms with Gasteiger partial charge in [-0.15, -0.1) is 0 Å². The van der Waals surface area contributed by atoms with Crippen molar-refractivity contribution in [1.29, 1.82) is 0 Å². The van der Waals surface area contributed by atoms with Crippen LogP contribution in [0.2, 0.25) is 0 Å². The minimum atomic E-state index is -3.70. The Morgan fingerprint density at radius 3 is 2.28 bits per heavy atom. The average Bonchev–Trinajstić information content (AvgIpc) is 2.73. The number of halogens is 1. The first-order valence-electron chi connectivity index (χ1n) is 8.96. The second-order valence-corrected chi connectivity index (χ2v) is 8.57. The molecule has 0 aliphatic carbocycles. The zero-order valence-corrected chi connectivity index (χ0v) is 16.9.